The van der Waals surface area contributed by atoms with Crippen LogP contribution in [0.5, 0.6) is 0 Å². The summed E-state index contributed by atoms with van der Waals surface area (Å²) < 4.78 is 22.5. The van der Waals surface area contributed by atoms with Crippen LogP contribution in [-0.4, -0.2) is 13.4 Å². The second-order valence-electron chi connectivity index (χ2n) is 5.24. The van der Waals surface area contributed by atoms with Crippen LogP contribution in [0.4, 0.5) is 5.69 Å². The fraction of sp³-hybridized carbons (Fsp3) is 0.125. The van der Waals surface area contributed by atoms with Crippen LogP contribution in [0, 0.1) is 6.92 Å². The number of para-hydroxylation sites is 1. The number of rotatable bonds is 4. The van der Waals surface area contributed by atoms with E-state index in [1.54, 1.807) is 12.1 Å². The molecule has 1 heterocycles. The fourth-order valence-electron chi connectivity index (χ4n) is 2.44. The summed E-state index contributed by atoms with van der Waals surface area (Å²) in [5.41, 5.74) is 4.27. The van der Waals surface area contributed by atoms with Crippen LogP contribution in [0.1, 0.15) is 11.1 Å². The molecule has 1 aromatic heterocycles. The highest BCUT2D eigenvalue weighted by Crippen LogP contribution is 2.25. The number of primary sulfonamides is 1. The zero-order chi connectivity index (χ0) is 15.7. The number of benzene rings is 2. The van der Waals surface area contributed by atoms with Crippen LogP contribution in [0.25, 0.3) is 10.9 Å². The number of aromatic amines is 1. The lowest BCUT2D eigenvalue weighted by Crippen LogP contribution is -2.12. The number of nitrogens with two attached hydrogens (primary N) is 1. The average Bonchev–Trinajstić information content (AvgIpc) is 2.87. The fourth-order valence-corrected chi connectivity index (χ4v) is 2.95. The Morgan fingerprint density at radius 2 is 1.86 bits per heavy atom. The van der Waals surface area contributed by atoms with E-state index in [0.717, 1.165) is 16.8 Å². The third-order valence-corrected chi connectivity index (χ3v) is 4.59. The van der Waals surface area contributed by atoms with Crippen molar-refractivity contribution in [3.63, 3.8) is 0 Å². The van der Waals surface area contributed by atoms with Crippen molar-refractivity contribution in [1.82, 2.24) is 4.98 Å². The third-order valence-electron chi connectivity index (χ3n) is 3.66. The third kappa shape index (κ3) is 2.84. The van der Waals surface area contributed by atoms with Gasteiger partial charge in [-0.2, -0.15) is 0 Å². The van der Waals surface area contributed by atoms with Gasteiger partial charge in [0, 0.05) is 18.1 Å². The van der Waals surface area contributed by atoms with Gasteiger partial charge in [-0.05, 0) is 36.2 Å². The number of sulfonamides is 1. The van der Waals surface area contributed by atoms with Crippen LogP contribution >= 0.6 is 0 Å². The molecule has 2 aromatic carbocycles. The van der Waals surface area contributed by atoms with Gasteiger partial charge in [0.25, 0.3) is 0 Å². The van der Waals surface area contributed by atoms with E-state index in [2.05, 4.69) is 23.3 Å². The molecule has 0 amide bonds. The minimum atomic E-state index is -3.64. The van der Waals surface area contributed by atoms with Crippen LogP contribution in [0.15, 0.2) is 53.6 Å². The Balaban J connectivity index is 1.79. The van der Waals surface area contributed by atoms with Crippen LogP contribution in [0.2, 0.25) is 0 Å². The number of H-pyrrole nitrogens is 1. The van der Waals surface area contributed by atoms with Crippen molar-refractivity contribution in [2.75, 3.05) is 5.32 Å². The molecule has 0 aliphatic heterocycles. The molecule has 3 rings (SSSR count). The first kappa shape index (κ1) is 14.6. The first-order chi connectivity index (χ1) is 10.4. The van der Waals surface area contributed by atoms with Gasteiger partial charge in [-0.1, -0.05) is 24.3 Å². The van der Waals surface area contributed by atoms with E-state index in [4.69, 9.17) is 5.14 Å². The van der Waals surface area contributed by atoms with Crippen molar-refractivity contribution >= 4 is 26.6 Å². The smallest absolute Gasteiger partial charge is 0.238 e. The number of anilines is 1. The predicted octanol–water partition coefficient (Wildman–Crippen LogP) is 2.74. The highest BCUT2D eigenvalue weighted by Gasteiger charge is 2.07. The van der Waals surface area contributed by atoms with Gasteiger partial charge in [-0.15, -0.1) is 0 Å². The maximum Gasteiger partial charge on any atom is 0.238 e. The highest BCUT2D eigenvalue weighted by atomic mass is 32.2. The number of nitrogens with one attached hydrogen (secondary N) is 2. The lowest BCUT2D eigenvalue weighted by molar-refractivity contribution is 0.598. The Morgan fingerprint density at radius 1 is 1.14 bits per heavy atom. The molecule has 3 aromatic rings. The van der Waals surface area contributed by atoms with Gasteiger partial charge in [-0.25, -0.2) is 13.6 Å². The lowest BCUT2D eigenvalue weighted by atomic mass is 10.1. The minimum Gasteiger partial charge on any atom is -0.379 e. The SMILES string of the molecule is Cc1c[nH]c2c(NCc3ccc(S(N)(=O)=O)cc3)cccc12. The summed E-state index contributed by atoms with van der Waals surface area (Å²) >= 11 is 0. The molecule has 22 heavy (non-hydrogen) atoms. The molecule has 0 aliphatic rings. The Kier molecular flexibility index (Phi) is 3.64. The number of hydrogen-bond donors (Lipinski definition) is 3. The Morgan fingerprint density at radius 3 is 2.55 bits per heavy atom. The van der Waals surface area contributed by atoms with Gasteiger partial charge in [0.2, 0.25) is 10.0 Å². The molecule has 0 fully saturated rings. The molecule has 0 spiro atoms. The Labute approximate surface area is 129 Å². The van der Waals surface area contributed by atoms with E-state index in [1.807, 2.05) is 18.3 Å². The van der Waals surface area contributed by atoms with Gasteiger partial charge in [0.15, 0.2) is 0 Å². The number of aromatic nitrogens is 1. The monoisotopic (exact) mass is 315 g/mol. The van der Waals surface area contributed by atoms with Gasteiger partial charge in [-0.3, -0.25) is 0 Å². The summed E-state index contributed by atoms with van der Waals surface area (Å²) in [7, 11) is -3.64. The number of fused-ring (bicyclic) bond motifs is 1. The summed E-state index contributed by atoms with van der Waals surface area (Å²) in [6.07, 6.45) is 1.98. The van der Waals surface area contributed by atoms with Crippen molar-refractivity contribution in [2.24, 2.45) is 5.14 Å². The molecular formula is C16H17N3O2S. The van der Waals surface area contributed by atoms with E-state index in [1.165, 1.54) is 23.1 Å². The van der Waals surface area contributed by atoms with Gasteiger partial charge >= 0.3 is 0 Å². The second-order valence-corrected chi connectivity index (χ2v) is 6.80. The number of aryl methyl sites for hydroxylation is 1. The standard InChI is InChI=1S/C16H17N3O2S/c1-11-9-19-16-14(11)3-2-4-15(16)18-10-12-5-7-13(8-6-12)22(17,20)21/h2-9,18-19H,10H2,1H3,(H2,17,20,21). The van der Waals surface area contributed by atoms with E-state index in [-0.39, 0.29) is 4.90 Å². The molecule has 0 radical (unpaired) electrons. The Bertz CT molecular complexity index is 912. The van der Waals surface area contributed by atoms with Crippen molar-refractivity contribution in [1.29, 1.82) is 0 Å². The molecule has 0 unspecified atom stereocenters. The van der Waals surface area contributed by atoms with E-state index < -0.39 is 10.0 Å². The quantitative estimate of drug-likeness (QED) is 0.691. The molecule has 0 saturated carbocycles. The topological polar surface area (TPSA) is 88.0 Å². The lowest BCUT2D eigenvalue weighted by Gasteiger charge is -2.08. The predicted molar refractivity (Wildman–Crippen MR) is 88.2 cm³/mol. The summed E-state index contributed by atoms with van der Waals surface area (Å²) in [6.45, 7) is 2.66. The summed E-state index contributed by atoms with van der Waals surface area (Å²) in [5.74, 6) is 0. The van der Waals surface area contributed by atoms with Crippen molar-refractivity contribution < 1.29 is 8.42 Å². The second kappa shape index (κ2) is 5.47. The summed E-state index contributed by atoms with van der Waals surface area (Å²) in [5, 5.41) is 9.64. The first-order valence-corrected chi connectivity index (χ1v) is 8.42. The van der Waals surface area contributed by atoms with E-state index in [9.17, 15) is 8.42 Å². The average molecular weight is 315 g/mol. The molecule has 5 nitrogen and oxygen atoms in total. The zero-order valence-corrected chi connectivity index (χ0v) is 12.9. The normalized spacial score (nSPS) is 11.7. The van der Waals surface area contributed by atoms with E-state index in [0.29, 0.717) is 6.54 Å². The van der Waals surface area contributed by atoms with E-state index >= 15 is 0 Å². The van der Waals surface area contributed by atoms with Gasteiger partial charge < -0.3 is 10.3 Å². The molecular weight excluding hydrogens is 298 g/mol. The van der Waals surface area contributed by atoms with Crippen LogP contribution in [0.3, 0.4) is 0 Å². The Hall–Kier alpha value is -2.31. The molecule has 114 valence electrons. The zero-order valence-electron chi connectivity index (χ0n) is 12.1. The van der Waals surface area contributed by atoms with Crippen molar-refractivity contribution in [3.8, 4) is 0 Å². The van der Waals surface area contributed by atoms with Crippen molar-refractivity contribution in [3.05, 3.63) is 59.8 Å². The minimum absolute atomic E-state index is 0.123. The first-order valence-electron chi connectivity index (χ1n) is 6.87. The number of hydrogen-bond acceptors (Lipinski definition) is 3. The summed E-state index contributed by atoms with van der Waals surface area (Å²) in [4.78, 5) is 3.39. The highest BCUT2D eigenvalue weighted by molar-refractivity contribution is 7.89. The molecule has 0 bridgehead atoms. The largest absolute Gasteiger partial charge is 0.379 e. The molecule has 0 saturated heterocycles. The van der Waals surface area contributed by atoms with Crippen molar-refractivity contribution in [2.45, 2.75) is 18.4 Å². The summed E-state index contributed by atoms with van der Waals surface area (Å²) in [6, 6.07) is 12.6. The molecule has 6 heteroatoms. The molecule has 0 atom stereocenters. The van der Waals surface area contributed by atoms with Gasteiger partial charge in [0.05, 0.1) is 16.1 Å². The van der Waals surface area contributed by atoms with Gasteiger partial charge in [0.1, 0.15) is 0 Å². The molecule has 4 N–H and O–H groups in total. The maximum absolute atomic E-state index is 11.2. The maximum atomic E-state index is 11.2. The molecule has 0 aliphatic carbocycles. The van der Waals surface area contributed by atoms with Crippen LogP contribution in [-0.2, 0) is 16.6 Å². The van der Waals surface area contributed by atoms with Crippen LogP contribution < -0.4 is 10.5 Å².